The van der Waals surface area contributed by atoms with Crippen LogP contribution < -0.4 is 16.4 Å². The van der Waals surface area contributed by atoms with Crippen LogP contribution in [-0.2, 0) is 4.79 Å². The highest BCUT2D eigenvalue weighted by Gasteiger charge is 2.17. The fourth-order valence-corrected chi connectivity index (χ4v) is 1.41. The number of nitrogens with one attached hydrogen (secondary N) is 2. The third kappa shape index (κ3) is 3.58. The van der Waals surface area contributed by atoms with E-state index in [9.17, 15) is 13.6 Å². The van der Waals surface area contributed by atoms with Crippen molar-refractivity contribution >= 4 is 17.3 Å². The Morgan fingerprint density at radius 1 is 1.39 bits per heavy atom. The molecule has 1 atom stereocenters. The summed E-state index contributed by atoms with van der Waals surface area (Å²) in [4.78, 5) is 11.6. The molecule has 4 N–H and O–H groups in total. The summed E-state index contributed by atoms with van der Waals surface area (Å²) in [7, 11) is 0. The van der Waals surface area contributed by atoms with Gasteiger partial charge >= 0.3 is 0 Å². The van der Waals surface area contributed by atoms with E-state index in [1.165, 1.54) is 6.92 Å². The maximum Gasteiger partial charge on any atom is 0.242 e. The highest BCUT2D eigenvalue weighted by atomic mass is 19.1. The number of anilines is 2. The maximum atomic E-state index is 13.5. The zero-order valence-electron chi connectivity index (χ0n) is 10.4. The topological polar surface area (TPSA) is 67.2 Å². The van der Waals surface area contributed by atoms with Crippen molar-refractivity contribution in [2.75, 3.05) is 17.6 Å². The number of hydrogen-bond acceptors (Lipinski definition) is 3. The molecule has 1 rings (SSSR count). The zero-order chi connectivity index (χ0) is 13.7. The number of halogens is 2. The molecule has 18 heavy (non-hydrogen) atoms. The molecule has 0 aromatic heterocycles. The molecular weight excluding hydrogens is 240 g/mol. The van der Waals surface area contributed by atoms with Crippen LogP contribution in [0.5, 0.6) is 0 Å². The molecule has 0 bridgehead atoms. The molecule has 1 aromatic carbocycles. The summed E-state index contributed by atoms with van der Waals surface area (Å²) < 4.78 is 26.9. The van der Waals surface area contributed by atoms with Gasteiger partial charge in [-0.3, -0.25) is 4.79 Å². The van der Waals surface area contributed by atoms with Crippen LogP contribution in [0.1, 0.15) is 20.3 Å². The van der Waals surface area contributed by atoms with Crippen molar-refractivity contribution in [2.45, 2.75) is 26.3 Å². The summed E-state index contributed by atoms with van der Waals surface area (Å²) in [5.74, 6) is -1.95. The first kappa shape index (κ1) is 14.2. The van der Waals surface area contributed by atoms with Gasteiger partial charge in [0.05, 0.1) is 0 Å². The minimum Gasteiger partial charge on any atom is -0.399 e. The lowest BCUT2D eigenvalue weighted by Gasteiger charge is -2.16. The number of nitrogens with two attached hydrogens (primary N) is 1. The standard InChI is InChI=1S/C12H17F2N3O/c1-3-4-16-12(18)7(2)17-11-9(13)5-8(15)6-10(11)14/h5-7,17H,3-4,15H2,1-2H3,(H,16,18). The van der Waals surface area contributed by atoms with Crippen LogP contribution in [0.2, 0.25) is 0 Å². The average Bonchev–Trinajstić information content (AvgIpc) is 2.30. The molecule has 0 spiro atoms. The predicted molar refractivity (Wildman–Crippen MR) is 67.2 cm³/mol. The minimum atomic E-state index is -0.817. The molecule has 100 valence electrons. The second-order valence-corrected chi connectivity index (χ2v) is 4.02. The van der Waals surface area contributed by atoms with E-state index in [1.54, 1.807) is 0 Å². The van der Waals surface area contributed by atoms with E-state index in [0.29, 0.717) is 6.54 Å². The van der Waals surface area contributed by atoms with Gasteiger partial charge in [0.15, 0.2) is 11.6 Å². The van der Waals surface area contributed by atoms with Crippen LogP contribution in [0.25, 0.3) is 0 Å². The minimum absolute atomic E-state index is 0.00126. The van der Waals surface area contributed by atoms with Crippen molar-refractivity contribution in [3.8, 4) is 0 Å². The van der Waals surface area contributed by atoms with Crippen molar-refractivity contribution < 1.29 is 13.6 Å². The van der Waals surface area contributed by atoms with Crippen LogP contribution >= 0.6 is 0 Å². The zero-order valence-corrected chi connectivity index (χ0v) is 10.4. The summed E-state index contributed by atoms with van der Waals surface area (Å²) in [6.45, 7) is 3.97. The molecule has 6 heteroatoms. The number of carbonyl (C=O) groups is 1. The van der Waals surface area contributed by atoms with Gasteiger partial charge < -0.3 is 16.4 Å². The van der Waals surface area contributed by atoms with Gasteiger partial charge in [0.25, 0.3) is 0 Å². The quantitative estimate of drug-likeness (QED) is 0.705. The van der Waals surface area contributed by atoms with Crippen LogP contribution in [0.3, 0.4) is 0 Å². The van der Waals surface area contributed by atoms with Gasteiger partial charge in [-0.05, 0) is 25.5 Å². The number of amides is 1. The normalized spacial score (nSPS) is 12.0. The van der Waals surface area contributed by atoms with Crippen molar-refractivity contribution in [3.05, 3.63) is 23.8 Å². The first-order chi connectivity index (χ1) is 8.45. The first-order valence-electron chi connectivity index (χ1n) is 5.74. The largest absolute Gasteiger partial charge is 0.399 e. The fourth-order valence-electron chi connectivity index (χ4n) is 1.41. The van der Waals surface area contributed by atoms with Gasteiger partial charge in [-0.15, -0.1) is 0 Å². The number of hydrogen-bond donors (Lipinski definition) is 3. The summed E-state index contributed by atoms with van der Waals surface area (Å²) in [5, 5.41) is 5.13. The van der Waals surface area contributed by atoms with E-state index in [4.69, 9.17) is 5.73 Å². The molecule has 1 amide bonds. The number of benzene rings is 1. The lowest BCUT2D eigenvalue weighted by Crippen LogP contribution is -2.38. The monoisotopic (exact) mass is 257 g/mol. The van der Waals surface area contributed by atoms with Gasteiger partial charge in [-0.2, -0.15) is 0 Å². The maximum absolute atomic E-state index is 13.5. The van der Waals surface area contributed by atoms with Gasteiger partial charge in [-0.25, -0.2) is 8.78 Å². The molecule has 0 aliphatic carbocycles. The molecule has 0 fully saturated rings. The van der Waals surface area contributed by atoms with E-state index >= 15 is 0 Å². The predicted octanol–water partition coefficient (Wildman–Crippen LogP) is 1.87. The molecule has 0 aliphatic rings. The van der Waals surface area contributed by atoms with Crippen LogP contribution in [0.15, 0.2) is 12.1 Å². The van der Waals surface area contributed by atoms with Crippen molar-refractivity contribution in [1.29, 1.82) is 0 Å². The van der Waals surface area contributed by atoms with Crippen LogP contribution in [0.4, 0.5) is 20.2 Å². The third-order valence-electron chi connectivity index (χ3n) is 2.37. The summed E-state index contributed by atoms with van der Waals surface area (Å²) in [5.41, 5.74) is 4.95. The average molecular weight is 257 g/mol. The number of rotatable bonds is 5. The number of carbonyl (C=O) groups excluding carboxylic acids is 1. The third-order valence-corrected chi connectivity index (χ3v) is 2.37. The first-order valence-corrected chi connectivity index (χ1v) is 5.74. The molecule has 1 unspecified atom stereocenters. The Balaban J connectivity index is 2.75. The summed E-state index contributed by atoms with van der Waals surface area (Å²) >= 11 is 0. The molecule has 4 nitrogen and oxygen atoms in total. The van der Waals surface area contributed by atoms with Gasteiger partial charge in [0, 0.05) is 12.2 Å². The molecule has 0 aliphatic heterocycles. The Morgan fingerprint density at radius 2 is 1.94 bits per heavy atom. The van der Waals surface area contributed by atoms with Crippen molar-refractivity contribution in [3.63, 3.8) is 0 Å². The SMILES string of the molecule is CCCNC(=O)C(C)Nc1c(F)cc(N)cc1F. The highest BCUT2D eigenvalue weighted by Crippen LogP contribution is 2.22. The lowest BCUT2D eigenvalue weighted by atomic mass is 10.2. The second kappa shape index (κ2) is 6.18. The van der Waals surface area contributed by atoms with E-state index in [2.05, 4.69) is 10.6 Å². The fraction of sp³-hybridized carbons (Fsp3) is 0.417. The lowest BCUT2D eigenvalue weighted by molar-refractivity contribution is -0.121. The van der Waals surface area contributed by atoms with Crippen LogP contribution in [0, 0.1) is 11.6 Å². The van der Waals surface area contributed by atoms with E-state index in [0.717, 1.165) is 18.6 Å². The Kier molecular flexibility index (Phi) is 4.88. The van der Waals surface area contributed by atoms with Gasteiger partial charge in [-0.1, -0.05) is 6.92 Å². The summed E-state index contributed by atoms with van der Waals surface area (Å²) in [6, 6.07) is 1.27. The van der Waals surface area contributed by atoms with Crippen LogP contribution in [-0.4, -0.2) is 18.5 Å². The molecule has 0 heterocycles. The van der Waals surface area contributed by atoms with Gasteiger partial charge in [0.1, 0.15) is 11.7 Å². The second-order valence-electron chi connectivity index (χ2n) is 4.02. The highest BCUT2D eigenvalue weighted by molar-refractivity contribution is 5.84. The van der Waals surface area contributed by atoms with Gasteiger partial charge in [0.2, 0.25) is 5.91 Å². The molecule has 0 saturated heterocycles. The smallest absolute Gasteiger partial charge is 0.242 e. The Hall–Kier alpha value is -1.85. The Bertz CT molecular complexity index is 414. The van der Waals surface area contributed by atoms with Crippen molar-refractivity contribution in [1.82, 2.24) is 5.32 Å². The van der Waals surface area contributed by atoms with E-state index in [-0.39, 0.29) is 17.3 Å². The molecule has 1 aromatic rings. The molecule has 0 radical (unpaired) electrons. The molecule has 0 saturated carbocycles. The van der Waals surface area contributed by atoms with Crippen molar-refractivity contribution in [2.24, 2.45) is 0 Å². The Morgan fingerprint density at radius 3 is 2.44 bits per heavy atom. The van der Waals surface area contributed by atoms with E-state index < -0.39 is 17.7 Å². The van der Waals surface area contributed by atoms with E-state index in [1.807, 2.05) is 6.92 Å². The summed E-state index contributed by atoms with van der Waals surface area (Å²) in [6.07, 6.45) is 0.795. The number of nitrogen functional groups attached to an aromatic ring is 1. The Labute approximate surface area is 105 Å². The molecular formula is C12H17F2N3O.